The second-order valence-corrected chi connectivity index (χ2v) is 7.14. The Hall–Kier alpha value is -1.41. The van der Waals surface area contributed by atoms with Gasteiger partial charge in [0.15, 0.2) is 0 Å². The Bertz CT molecular complexity index is 598. The monoisotopic (exact) mass is 318 g/mol. The summed E-state index contributed by atoms with van der Waals surface area (Å²) in [6.07, 6.45) is 1.22. The van der Waals surface area contributed by atoms with Crippen LogP contribution in [0.4, 0.5) is 0 Å². The molecule has 0 saturated carbocycles. The number of benzene rings is 2. The Balaban J connectivity index is 2.03. The largest absolute Gasteiger partial charge is 0.335 e. The molecule has 0 N–H and O–H groups in total. The first-order chi connectivity index (χ1) is 10.6. The summed E-state index contributed by atoms with van der Waals surface area (Å²) in [7, 11) is -3.02. The van der Waals surface area contributed by atoms with Gasteiger partial charge in [-0.15, -0.1) is 0 Å². The zero-order valence-electron chi connectivity index (χ0n) is 13.2. The van der Waals surface area contributed by atoms with E-state index in [9.17, 15) is 4.57 Å². The summed E-state index contributed by atoms with van der Waals surface area (Å²) in [4.78, 5) is 0. The summed E-state index contributed by atoms with van der Waals surface area (Å²) in [5.41, 5.74) is 3.49. The normalized spacial score (nSPS) is 11.5. The Kier molecular flexibility index (Phi) is 6.38. The molecule has 0 aromatic heterocycles. The van der Waals surface area contributed by atoms with Crippen LogP contribution < -0.4 is 0 Å². The quantitative estimate of drug-likeness (QED) is 0.639. The van der Waals surface area contributed by atoms with E-state index in [1.807, 2.05) is 44.2 Å². The molecule has 0 spiro atoms. The van der Waals surface area contributed by atoms with E-state index >= 15 is 0 Å². The molecule has 3 nitrogen and oxygen atoms in total. The fraction of sp³-hybridized carbons (Fsp3) is 0.333. The van der Waals surface area contributed by atoms with Crippen molar-refractivity contribution in [2.75, 3.05) is 13.2 Å². The maximum Gasteiger partial charge on any atom is 0.335 e. The molecule has 118 valence electrons. The number of hydrogen-bond acceptors (Lipinski definition) is 3. The highest BCUT2D eigenvalue weighted by Crippen LogP contribution is 2.51. The SMILES string of the molecule is CCOP(=O)(Cc1ccc(Cc2ccccc2)cc1)OCC. The van der Waals surface area contributed by atoms with Crippen molar-refractivity contribution < 1.29 is 13.6 Å². The lowest BCUT2D eigenvalue weighted by atomic mass is 10.0. The minimum atomic E-state index is -3.02. The Labute approximate surface area is 132 Å². The molecule has 0 fully saturated rings. The van der Waals surface area contributed by atoms with Gasteiger partial charge in [0.05, 0.1) is 19.4 Å². The van der Waals surface area contributed by atoms with Gasteiger partial charge in [-0.25, -0.2) is 0 Å². The topological polar surface area (TPSA) is 35.5 Å². The summed E-state index contributed by atoms with van der Waals surface area (Å²) < 4.78 is 23.2. The van der Waals surface area contributed by atoms with Crippen molar-refractivity contribution in [1.29, 1.82) is 0 Å². The first kappa shape index (κ1) is 17.0. The molecular formula is C18H23O3P. The molecule has 22 heavy (non-hydrogen) atoms. The molecule has 0 amide bonds. The first-order valence-corrected chi connectivity index (χ1v) is 9.38. The lowest BCUT2D eigenvalue weighted by Crippen LogP contribution is -1.99. The summed E-state index contributed by atoms with van der Waals surface area (Å²) in [6, 6.07) is 18.5. The van der Waals surface area contributed by atoms with Crippen LogP contribution in [0.3, 0.4) is 0 Å². The van der Waals surface area contributed by atoms with Gasteiger partial charge in [0.2, 0.25) is 0 Å². The van der Waals surface area contributed by atoms with E-state index in [1.54, 1.807) is 0 Å². The van der Waals surface area contributed by atoms with Crippen LogP contribution in [0.25, 0.3) is 0 Å². The van der Waals surface area contributed by atoms with Gasteiger partial charge >= 0.3 is 7.60 Å². The highest BCUT2D eigenvalue weighted by molar-refractivity contribution is 7.53. The van der Waals surface area contributed by atoms with Gasteiger partial charge in [-0.3, -0.25) is 4.57 Å². The Morgan fingerprint density at radius 3 is 1.82 bits per heavy atom. The summed E-state index contributed by atoms with van der Waals surface area (Å²) in [5.74, 6) is 0. The lowest BCUT2D eigenvalue weighted by Gasteiger charge is -2.17. The molecule has 0 aliphatic rings. The zero-order valence-corrected chi connectivity index (χ0v) is 14.1. The van der Waals surface area contributed by atoms with Crippen LogP contribution in [-0.2, 0) is 26.2 Å². The number of rotatable bonds is 8. The van der Waals surface area contributed by atoms with Crippen molar-refractivity contribution in [3.63, 3.8) is 0 Å². The van der Waals surface area contributed by atoms with Crippen LogP contribution in [0.2, 0.25) is 0 Å². The van der Waals surface area contributed by atoms with E-state index in [-0.39, 0.29) is 0 Å². The minimum Gasteiger partial charge on any atom is -0.309 e. The van der Waals surface area contributed by atoms with Crippen molar-refractivity contribution in [3.8, 4) is 0 Å². The van der Waals surface area contributed by atoms with E-state index in [2.05, 4.69) is 24.3 Å². The van der Waals surface area contributed by atoms with Gasteiger partial charge in [-0.05, 0) is 37.0 Å². The van der Waals surface area contributed by atoms with Crippen molar-refractivity contribution in [2.24, 2.45) is 0 Å². The number of hydrogen-bond donors (Lipinski definition) is 0. The molecule has 0 aliphatic heterocycles. The van der Waals surface area contributed by atoms with Crippen LogP contribution in [-0.4, -0.2) is 13.2 Å². The highest BCUT2D eigenvalue weighted by Gasteiger charge is 2.23. The van der Waals surface area contributed by atoms with Gasteiger partial charge < -0.3 is 9.05 Å². The third-order valence-electron chi connectivity index (χ3n) is 3.30. The van der Waals surface area contributed by atoms with Gasteiger partial charge in [-0.2, -0.15) is 0 Å². The second kappa shape index (κ2) is 8.28. The molecule has 4 heteroatoms. The zero-order chi connectivity index (χ0) is 15.8. The molecule has 2 rings (SSSR count). The molecule has 0 heterocycles. The average molecular weight is 318 g/mol. The smallest absolute Gasteiger partial charge is 0.309 e. The maximum absolute atomic E-state index is 12.5. The minimum absolute atomic E-state index is 0.320. The molecule has 0 bridgehead atoms. The predicted molar refractivity (Wildman–Crippen MR) is 90.3 cm³/mol. The van der Waals surface area contributed by atoms with Crippen molar-refractivity contribution in [3.05, 3.63) is 71.3 Å². The molecule has 0 saturated heterocycles. The molecule has 2 aromatic carbocycles. The molecule has 0 unspecified atom stereocenters. The molecule has 0 radical (unpaired) electrons. The third-order valence-corrected chi connectivity index (χ3v) is 5.36. The summed E-state index contributed by atoms with van der Waals surface area (Å²) in [6.45, 7) is 4.44. The summed E-state index contributed by atoms with van der Waals surface area (Å²) in [5, 5.41) is 0. The van der Waals surface area contributed by atoms with Gasteiger partial charge in [0, 0.05) is 0 Å². The highest BCUT2D eigenvalue weighted by atomic mass is 31.2. The second-order valence-electron chi connectivity index (χ2n) is 5.08. The van der Waals surface area contributed by atoms with E-state index in [0.717, 1.165) is 12.0 Å². The Morgan fingerprint density at radius 2 is 1.27 bits per heavy atom. The fourth-order valence-electron chi connectivity index (χ4n) is 2.34. The van der Waals surface area contributed by atoms with Crippen LogP contribution >= 0.6 is 7.60 Å². The predicted octanol–water partition coefficient (Wildman–Crippen LogP) is 5.04. The van der Waals surface area contributed by atoms with E-state index < -0.39 is 7.60 Å². The lowest BCUT2D eigenvalue weighted by molar-refractivity contribution is 0.219. The van der Waals surface area contributed by atoms with Crippen LogP contribution in [0.15, 0.2) is 54.6 Å². The standard InChI is InChI=1S/C18H23O3P/c1-3-20-22(19,21-4-2)15-18-12-10-17(11-13-18)14-16-8-6-5-7-9-16/h5-13H,3-4,14-15H2,1-2H3. The van der Waals surface area contributed by atoms with Crippen molar-refractivity contribution in [2.45, 2.75) is 26.4 Å². The van der Waals surface area contributed by atoms with E-state index in [1.165, 1.54) is 11.1 Å². The first-order valence-electron chi connectivity index (χ1n) is 7.65. The average Bonchev–Trinajstić information content (AvgIpc) is 2.51. The van der Waals surface area contributed by atoms with E-state index in [0.29, 0.717) is 19.4 Å². The molecular weight excluding hydrogens is 295 g/mol. The molecule has 0 atom stereocenters. The van der Waals surface area contributed by atoms with Crippen LogP contribution in [0, 0.1) is 0 Å². The van der Waals surface area contributed by atoms with Crippen molar-refractivity contribution in [1.82, 2.24) is 0 Å². The van der Waals surface area contributed by atoms with Crippen molar-refractivity contribution >= 4 is 7.60 Å². The third kappa shape index (κ3) is 5.10. The van der Waals surface area contributed by atoms with Gasteiger partial charge in [-0.1, -0.05) is 54.6 Å². The molecule has 2 aromatic rings. The van der Waals surface area contributed by atoms with Crippen LogP contribution in [0.5, 0.6) is 0 Å². The molecule has 0 aliphatic carbocycles. The van der Waals surface area contributed by atoms with Gasteiger partial charge in [0.1, 0.15) is 0 Å². The maximum atomic E-state index is 12.5. The van der Waals surface area contributed by atoms with Crippen LogP contribution in [0.1, 0.15) is 30.5 Å². The van der Waals surface area contributed by atoms with Gasteiger partial charge in [0.25, 0.3) is 0 Å². The fourth-order valence-corrected chi connectivity index (χ4v) is 4.04. The van der Waals surface area contributed by atoms with E-state index in [4.69, 9.17) is 9.05 Å². The Morgan fingerprint density at radius 1 is 0.773 bits per heavy atom. The summed E-state index contributed by atoms with van der Waals surface area (Å²) >= 11 is 0.